The Hall–Kier alpha value is -3.26. The van der Waals surface area contributed by atoms with Crippen LogP contribution >= 0.6 is 11.3 Å². The number of aromatic nitrogens is 4. The molecule has 0 saturated carbocycles. The summed E-state index contributed by atoms with van der Waals surface area (Å²) in [6.45, 7) is 5.95. The lowest BCUT2D eigenvalue weighted by molar-refractivity contribution is 0.998. The highest BCUT2D eigenvalue weighted by atomic mass is 32.1. The van der Waals surface area contributed by atoms with Crippen LogP contribution in [0.1, 0.15) is 16.0 Å². The van der Waals surface area contributed by atoms with Gasteiger partial charge in [-0.1, -0.05) is 0 Å². The number of nitrogens with zero attached hydrogens (tertiary/aromatic N) is 1. The summed E-state index contributed by atoms with van der Waals surface area (Å²) in [7, 11) is 0. The van der Waals surface area contributed by atoms with Gasteiger partial charge in [0.1, 0.15) is 5.69 Å². The summed E-state index contributed by atoms with van der Waals surface area (Å²) in [5.74, 6) is 0. The van der Waals surface area contributed by atoms with Crippen LogP contribution in [0.5, 0.6) is 0 Å². The van der Waals surface area contributed by atoms with Crippen molar-refractivity contribution in [2.24, 2.45) is 0 Å². The van der Waals surface area contributed by atoms with E-state index >= 15 is 0 Å². The summed E-state index contributed by atoms with van der Waals surface area (Å²) >= 11 is 1.66. The van der Waals surface area contributed by atoms with Gasteiger partial charge in [-0.2, -0.15) is 5.10 Å². The lowest BCUT2D eigenvalue weighted by Crippen LogP contribution is -2.28. The van der Waals surface area contributed by atoms with Crippen molar-refractivity contribution >= 4 is 22.4 Å². The Morgan fingerprint density at radius 2 is 1.41 bits per heavy atom. The third kappa shape index (κ3) is 4.29. The minimum Gasteiger partial charge on any atom is -0.316 e. The van der Waals surface area contributed by atoms with E-state index in [2.05, 4.69) is 20.2 Å². The van der Waals surface area contributed by atoms with E-state index in [4.69, 9.17) is 0 Å². The van der Waals surface area contributed by atoms with Crippen LogP contribution in [0, 0.1) is 20.8 Å². The Morgan fingerprint density at radius 1 is 0.815 bits per heavy atom. The summed E-state index contributed by atoms with van der Waals surface area (Å²) in [4.78, 5) is 40.2. The quantitative estimate of drug-likeness (QED) is 0.439. The third-order valence-corrected chi connectivity index (χ3v) is 5.03. The Balaban J connectivity index is 0.000000156. The van der Waals surface area contributed by atoms with Crippen LogP contribution in [0.15, 0.2) is 50.8 Å². The third-order valence-electron chi connectivity index (χ3n) is 4.01. The highest BCUT2D eigenvalue weighted by Gasteiger charge is 2.02. The molecule has 4 rings (SSSR count). The number of H-pyrrole nitrogens is 3. The molecule has 0 bridgehead atoms. The van der Waals surface area contributed by atoms with E-state index in [1.165, 1.54) is 10.9 Å². The van der Waals surface area contributed by atoms with Crippen molar-refractivity contribution in [1.82, 2.24) is 20.2 Å². The van der Waals surface area contributed by atoms with Crippen LogP contribution in [-0.4, -0.2) is 20.2 Å². The number of hydrogen-bond donors (Lipinski definition) is 3. The first kappa shape index (κ1) is 18.5. The average Bonchev–Trinajstić information content (AvgIpc) is 3.06. The minimum absolute atomic E-state index is 0.169. The predicted octanol–water partition coefficient (Wildman–Crippen LogP) is 2.64. The largest absolute Gasteiger partial charge is 0.316 e. The molecule has 3 heterocycles. The molecule has 0 spiro atoms. The summed E-state index contributed by atoms with van der Waals surface area (Å²) < 4.78 is 0. The fourth-order valence-electron chi connectivity index (χ4n) is 2.44. The number of benzene rings is 1. The molecule has 3 aromatic heterocycles. The van der Waals surface area contributed by atoms with Crippen molar-refractivity contribution in [3.8, 4) is 10.6 Å². The molecule has 0 fully saturated rings. The second kappa shape index (κ2) is 7.55. The van der Waals surface area contributed by atoms with Crippen LogP contribution < -0.4 is 16.7 Å². The van der Waals surface area contributed by atoms with E-state index in [0.717, 1.165) is 21.7 Å². The standard InChI is InChI=1S/C10H10N2O2.C9H8N2OS/c1-5-3-7-8(4-6(5)2)12-10(14)9(13)11-7;1-6-2-4-8(13-6)7-3-5-9(12)11-10-7/h3-4H,1-2H3,(H,11,13)(H,12,14);2-5H,1H3,(H,11,12). The van der Waals surface area contributed by atoms with Crippen molar-refractivity contribution < 1.29 is 0 Å². The zero-order valence-corrected chi connectivity index (χ0v) is 15.9. The number of aromatic amines is 3. The van der Waals surface area contributed by atoms with Crippen molar-refractivity contribution in [2.75, 3.05) is 0 Å². The molecule has 3 N–H and O–H groups in total. The van der Waals surface area contributed by atoms with Gasteiger partial charge in [0.15, 0.2) is 0 Å². The molecule has 0 amide bonds. The molecule has 0 aliphatic heterocycles. The van der Waals surface area contributed by atoms with E-state index in [9.17, 15) is 14.4 Å². The Bertz CT molecular complexity index is 1210. The SMILES string of the molecule is Cc1cc2[nH]c(=O)c(=O)[nH]c2cc1C.Cc1ccc(-c2ccc(=O)[nH]n2)s1. The first-order valence-electron chi connectivity index (χ1n) is 8.19. The molecule has 0 unspecified atom stereocenters. The van der Waals surface area contributed by atoms with Gasteiger partial charge >= 0.3 is 11.1 Å². The second-order valence-electron chi connectivity index (χ2n) is 6.11. The molecule has 1 aromatic carbocycles. The van der Waals surface area contributed by atoms with E-state index in [-0.39, 0.29) is 5.56 Å². The molecule has 7 nitrogen and oxygen atoms in total. The number of fused-ring (bicyclic) bond motifs is 1. The number of hydrogen-bond acceptors (Lipinski definition) is 5. The molecular weight excluding hydrogens is 364 g/mol. The van der Waals surface area contributed by atoms with Crippen LogP contribution in [0.2, 0.25) is 0 Å². The highest BCUT2D eigenvalue weighted by molar-refractivity contribution is 7.15. The minimum atomic E-state index is -0.610. The van der Waals surface area contributed by atoms with Gasteiger partial charge in [-0.15, -0.1) is 11.3 Å². The van der Waals surface area contributed by atoms with Gasteiger partial charge in [0.05, 0.1) is 15.9 Å². The topological polar surface area (TPSA) is 111 Å². The molecule has 4 aromatic rings. The predicted molar refractivity (Wildman–Crippen MR) is 108 cm³/mol. The first-order valence-corrected chi connectivity index (χ1v) is 9.01. The number of rotatable bonds is 1. The van der Waals surface area contributed by atoms with Gasteiger partial charge < -0.3 is 9.97 Å². The number of aryl methyl sites for hydroxylation is 3. The maximum Gasteiger partial charge on any atom is 0.314 e. The van der Waals surface area contributed by atoms with E-state index < -0.39 is 11.1 Å². The molecule has 138 valence electrons. The Kier molecular flexibility index (Phi) is 5.18. The fourth-order valence-corrected chi connectivity index (χ4v) is 3.27. The summed E-state index contributed by atoms with van der Waals surface area (Å²) in [6.07, 6.45) is 0. The van der Waals surface area contributed by atoms with Gasteiger partial charge in [-0.05, 0) is 62.2 Å². The lowest BCUT2D eigenvalue weighted by atomic mass is 10.1. The van der Waals surface area contributed by atoms with Gasteiger partial charge in [-0.25, -0.2) is 5.10 Å². The number of thiophene rings is 1. The molecule has 0 saturated heterocycles. The molecule has 27 heavy (non-hydrogen) atoms. The molecule has 0 radical (unpaired) electrons. The molecule has 8 heteroatoms. The second-order valence-corrected chi connectivity index (χ2v) is 7.39. The van der Waals surface area contributed by atoms with Gasteiger partial charge in [0.2, 0.25) is 0 Å². The lowest BCUT2D eigenvalue weighted by Gasteiger charge is -2.02. The van der Waals surface area contributed by atoms with Crippen LogP contribution in [0.4, 0.5) is 0 Å². The maximum absolute atomic E-state index is 11.0. The van der Waals surface area contributed by atoms with Crippen molar-refractivity contribution in [3.63, 3.8) is 0 Å². The molecule has 0 aliphatic rings. The molecular formula is C19H18N4O3S. The van der Waals surface area contributed by atoms with E-state index in [1.807, 2.05) is 45.0 Å². The zero-order valence-electron chi connectivity index (χ0n) is 15.0. The molecule has 0 atom stereocenters. The average molecular weight is 382 g/mol. The Morgan fingerprint density at radius 3 is 1.85 bits per heavy atom. The number of nitrogens with one attached hydrogen (secondary N) is 3. The summed E-state index contributed by atoms with van der Waals surface area (Å²) in [5, 5.41) is 6.34. The Labute approximate surface area is 157 Å². The fraction of sp³-hybridized carbons (Fsp3) is 0.158. The van der Waals surface area contributed by atoms with E-state index in [1.54, 1.807) is 17.4 Å². The normalized spacial score (nSPS) is 10.5. The first-order chi connectivity index (χ1) is 12.8. The van der Waals surface area contributed by atoms with Gasteiger partial charge in [0, 0.05) is 10.9 Å². The maximum atomic E-state index is 11.0. The molecule has 0 aliphatic carbocycles. The summed E-state index contributed by atoms with van der Waals surface area (Å²) in [5.41, 5.74) is 2.92. The zero-order chi connectivity index (χ0) is 19.6. The monoisotopic (exact) mass is 382 g/mol. The van der Waals surface area contributed by atoms with Crippen molar-refractivity contribution in [1.29, 1.82) is 0 Å². The summed E-state index contributed by atoms with van der Waals surface area (Å²) in [6, 6.07) is 10.9. The highest BCUT2D eigenvalue weighted by Crippen LogP contribution is 2.24. The van der Waals surface area contributed by atoms with E-state index in [0.29, 0.717) is 11.0 Å². The van der Waals surface area contributed by atoms with Gasteiger partial charge in [-0.3, -0.25) is 14.4 Å². The smallest absolute Gasteiger partial charge is 0.314 e. The van der Waals surface area contributed by atoms with Gasteiger partial charge in [0.25, 0.3) is 5.56 Å². The van der Waals surface area contributed by atoms with Crippen LogP contribution in [0.25, 0.3) is 21.6 Å². The van der Waals surface area contributed by atoms with Crippen LogP contribution in [-0.2, 0) is 0 Å². The van der Waals surface area contributed by atoms with Crippen molar-refractivity contribution in [3.05, 3.63) is 83.5 Å². The van der Waals surface area contributed by atoms with Crippen molar-refractivity contribution in [2.45, 2.75) is 20.8 Å². The van der Waals surface area contributed by atoms with Crippen LogP contribution in [0.3, 0.4) is 0 Å².